The van der Waals surface area contributed by atoms with E-state index in [0.717, 1.165) is 24.2 Å². The highest BCUT2D eigenvalue weighted by Gasteiger charge is 2.38. The number of benzene rings is 1. The number of carbonyl (C=O) groups excluding carboxylic acids is 1. The second-order valence-electron chi connectivity index (χ2n) is 6.17. The van der Waals surface area contributed by atoms with Crippen molar-refractivity contribution in [2.75, 3.05) is 13.1 Å². The summed E-state index contributed by atoms with van der Waals surface area (Å²) in [6.45, 7) is 3.48. The van der Waals surface area contributed by atoms with Crippen molar-refractivity contribution >= 4 is 23.1 Å². The lowest BCUT2D eigenvalue weighted by Crippen LogP contribution is -2.50. The first kappa shape index (κ1) is 14.3. The molecule has 1 fully saturated rings. The number of amides is 1. The summed E-state index contributed by atoms with van der Waals surface area (Å²) in [7, 11) is 0. The Morgan fingerprint density at radius 1 is 1.38 bits per heavy atom. The lowest BCUT2D eigenvalue weighted by atomic mass is 9.80. The minimum absolute atomic E-state index is 0.0798. The number of thiocarbonyl (C=S) groups is 1. The van der Waals surface area contributed by atoms with Crippen molar-refractivity contribution in [1.82, 2.24) is 4.90 Å². The number of hydrogen-bond acceptors (Lipinski definition) is 3. The monoisotopic (exact) mass is 304 g/mol. The molecule has 0 spiro atoms. The average Bonchev–Trinajstić information content (AvgIpc) is 2.91. The van der Waals surface area contributed by atoms with Crippen LogP contribution in [0.2, 0.25) is 0 Å². The number of fused-ring (bicyclic) bond motifs is 1. The standard InChI is InChI=1S/C16H20N2O2S/c1-16(15(17)21)6-8-18(9-7-16)14(19)13-10-11-4-2-3-5-12(11)20-13/h2-5,13H,6-10H2,1H3,(H2,17,21). The number of hydrogen-bond donors (Lipinski definition) is 1. The van der Waals surface area contributed by atoms with Crippen LogP contribution in [-0.4, -0.2) is 35.0 Å². The Morgan fingerprint density at radius 2 is 2.05 bits per heavy atom. The number of carbonyl (C=O) groups is 1. The molecule has 112 valence electrons. The van der Waals surface area contributed by atoms with Gasteiger partial charge < -0.3 is 15.4 Å². The Labute approximate surface area is 130 Å². The molecule has 0 saturated carbocycles. The summed E-state index contributed by atoms with van der Waals surface area (Å²) in [5, 5.41) is 0. The zero-order valence-corrected chi connectivity index (χ0v) is 13.0. The molecule has 2 N–H and O–H groups in total. The fourth-order valence-corrected chi connectivity index (χ4v) is 3.19. The minimum atomic E-state index is -0.378. The first-order valence-electron chi connectivity index (χ1n) is 7.33. The summed E-state index contributed by atoms with van der Waals surface area (Å²) in [5.41, 5.74) is 6.80. The Bertz CT molecular complexity index is 554. The van der Waals surface area contributed by atoms with Gasteiger partial charge >= 0.3 is 0 Å². The van der Waals surface area contributed by atoms with E-state index >= 15 is 0 Å². The molecule has 1 aromatic rings. The van der Waals surface area contributed by atoms with Crippen molar-refractivity contribution in [1.29, 1.82) is 0 Å². The molecule has 1 unspecified atom stereocenters. The number of rotatable bonds is 2. The van der Waals surface area contributed by atoms with E-state index < -0.39 is 0 Å². The van der Waals surface area contributed by atoms with Crippen molar-refractivity contribution in [3.05, 3.63) is 29.8 Å². The number of para-hydroxylation sites is 1. The number of piperidine rings is 1. The highest BCUT2D eigenvalue weighted by Crippen LogP contribution is 2.33. The molecule has 1 atom stereocenters. The maximum atomic E-state index is 12.6. The van der Waals surface area contributed by atoms with Crippen molar-refractivity contribution in [3.63, 3.8) is 0 Å². The maximum absolute atomic E-state index is 12.6. The quantitative estimate of drug-likeness (QED) is 0.848. The summed E-state index contributed by atoms with van der Waals surface area (Å²) < 4.78 is 5.78. The number of nitrogens with zero attached hydrogens (tertiary/aromatic N) is 1. The van der Waals surface area contributed by atoms with E-state index in [1.807, 2.05) is 29.2 Å². The molecule has 1 amide bonds. The van der Waals surface area contributed by atoms with Gasteiger partial charge in [0.1, 0.15) is 5.75 Å². The van der Waals surface area contributed by atoms with E-state index in [9.17, 15) is 4.79 Å². The molecule has 3 rings (SSSR count). The van der Waals surface area contributed by atoms with Crippen LogP contribution in [0, 0.1) is 5.41 Å². The average molecular weight is 304 g/mol. The number of likely N-dealkylation sites (tertiary alicyclic amines) is 1. The van der Waals surface area contributed by atoms with Gasteiger partial charge in [-0.1, -0.05) is 37.3 Å². The van der Waals surface area contributed by atoms with E-state index in [1.165, 1.54) is 0 Å². The predicted molar refractivity (Wildman–Crippen MR) is 85.3 cm³/mol. The molecule has 0 bridgehead atoms. The van der Waals surface area contributed by atoms with Crippen LogP contribution in [0.4, 0.5) is 0 Å². The molecule has 2 heterocycles. The highest BCUT2D eigenvalue weighted by molar-refractivity contribution is 7.80. The van der Waals surface area contributed by atoms with E-state index in [-0.39, 0.29) is 17.4 Å². The second kappa shape index (κ2) is 5.30. The number of ether oxygens (including phenoxy) is 1. The molecular formula is C16H20N2O2S. The third-order valence-corrected chi connectivity index (χ3v) is 5.19. The molecule has 5 heteroatoms. The first-order valence-corrected chi connectivity index (χ1v) is 7.74. The zero-order valence-electron chi connectivity index (χ0n) is 12.2. The Kier molecular flexibility index (Phi) is 3.61. The first-order chi connectivity index (χ1) is 9.99. The van der Waals surface area contributed by atoms with Crippen LogP contribution in [0.25, 0.3) is 0 Å². The van der Waals surface area contributed by atoms with Gasteiger partial charge in [0.15, 0.2) is 6.10 Å². The van der Waals surface area contributed by atoms with E-state index in [1.54, 1.807) is 0 Å². The van der Waals surface area contributed by atoms with Crippen molar-refractivity contribution in [3.8, 4) is 5.75 Å². The molecule has 1 aromatic carbocycles. The van der Waals surface area contributed by atoms with Crippen molar-refractivity contribution in [2.45, 2.75) is 32.3 Å². The minimum Gasteiger partial charge on any atom is -0.480 e. The van der Waals surface area contributed by atoms with Crippen LogP contribution < -0.4 is 10.5 Å². The smallest absolute Gasteiger partial charge is 0.263 e. The summed E-state index contributed by atoms with van der Waals surface area (Å²) in [5.74, 6) is 0.914. The van der Waals surface area contributed by atoms with Gasteiger partial charge in [0, 0.05) is 24.9 Å². The second-order valence-corrected chi connectivity index (χ2v) is 6.61. The molecule has 2 aliphatic heterocycles. The normalized spacial score (nSPS) is 23.3. The van der Waals surface area contributed by atoms with Crippen LogP contribution in [0.3, 0.4) is 0 Å². The van der Waals surface area contributed by atoms with Crippen LogP contribution in [0.5, 0.6) is 5.75 Å². The van der Waals surface area contributed by atoms with Crippen LogP contribution in [0.15, 0.2) is 24.3 Å². The molecule has 0 radical (unpaired) electrons. The fraction of sp³-hybridized carbons (Fsp3) is 0.500. The van der Waals surface area contributed by atoms with Crippen LogP contribution in [0.1, 0.15) is 25.3 Å². The van der Waals surface area contributed by atoms with E-state index in [4.69, 9.17) is 22.7 Å². The molecule has 0 aliphatic carbocycles. The van der Waals surface area contributed by atoms with Gasteiger partial charge in [-0.3, -0.25) is 4.79 Å². The summed E-state index contributed by atoms with van der Waals surface area (Å²) in [6.07, 6.45) is 1.94. The number of nitrogens with two attached hydrogens (primary N) is 1. The van der Waals surface area contributed by atoms with E-state index in [0.29, 0.717) is 24.5 Å². The third-order valence-electron chi connectivity index (χ3n) is 4.70. The largest absolute Gasteiger partial charge is 0.480 e. The Balaban J connectivity index is 1.63. The fourth-order valence-electron chi connectivity index (χ4n) is 2.99. The predicted octanol–water partition coefficient (Wildman–Crippen LogP) is 1.90. The van der Waals surface area contributed by atoms with Crippen LogP contribution >= 0.6 is 12.2 Å². The molecule has 21 heavy (non-hydrogen) atoms. The highest BCUT2D eigenvalue weighted by atomic mass is 32.1. The summed E-state index contributed by atoms with van der Waals surface area (Å²) >= 11 is 5.14. The van der Waals surface area contributed by atoms with Crippen molar-refractivity contribution < 1.29 is 9.53 Å². The van der Waals surface area contributed by atoms with Gasteiger partial charge in [0.2, 0.25) is 0 Å². The molecule has 4 nitrogen and oxygen atoms in total. The molecule has 0 aromatic heterocycles. The van der Waals surface area contributed by atoms with E-state index in [2.05, 4.69) is 6.92 Å². The van der Waals surface area contributed by atoms with Crippen LogP contribution in [-0.2, 0) is 11.2 Å². The van der Waals surface area contributed by atoms with Gasteiger partial charge in [-0.15, -0.1) is 0 Å². The summed E-state index contributed by atoms with van der Waals surface area (Å²) in [4.78, 5) is 15.0. The van der Waals surface area contributed by atoms with Gasteiger partial charge in [-0.25, -0.2) is 0 Å². The third kappa shape index (κ3) is 2.62. The Hall–Kier alpha value is -1.62. The molecule has 2 aliphatic rings. The zero-order chi connectivity index (χ0) is 15.0. The van der Waals surface area contributed by atoms with Crippen molar-refractivity contribution in [2.24, 2.45) is 11.1 Å². The van der Waals surface area contributed by atoms with Gasteiger partial charge in [-0.05, 0) is 24.5 Å². The summed E-state index contributed by atoms with van der Waals surface area (Å²) in [6, 6.07) is 7.84. The molecular weight excluding hydrogens is 284 g/mol. The van der Waals surface area contributed by atoms with Gasteiger partial charge in [0.25, 0.3) is 5.91 Å². The lowest BCUT2D eigenvalue weighted by Gasteiger charge is -2.39. The SMILES string of the molecule is CC1(C(N)=S)CCN(C(=O)C2Cc3ccccc3O2)CC1. The lowest BCUT2D eigenvalue weighted by molar-refractivity contribution is -0.139. The maximum Gasteiger partial charge on any atom is 0.263 e. The van der Waals surface area contributed by atoms with Gasteiger partial charge in [0.05, 0.1) is 4.99 Å². The van der Waals surface area contributed by atoms with Gasteiger partial charge in [-0.2, -0.15) is 0 Å². The Morgan fingerprint density at radius 3 is 2.67 bits per heavy atom. The molecule has 1 saturated heterocycles. The topological polar surface area (TPSA) is 55.6 Å².